The Morgan fingerprint density at radius 2 is 1.96 bits per heavy atom. The second kappa shape index (κ2) is 7.81. The van der Waals surface area contributed by atoms with E-state index in [2.05, 4.69) is 10.2 Å². The molecule has 1 atom stereocenters. The highest BCUT2D eigenvalue weighted by Crippen LogP contribution is 2.22. The summed E-state index contributed by atoms with van der Waals surface area (Å²) in [7, 11) is 0. The molecule has 0 bridgehead atoms. The van der Waals surface area contributed by atoms with Crippen LogP contribution in [0.15, 0.2) is 0 Å². The van der Waals surface area contributed by atoms with Crippen LogP contribution in [0.2, 0.25) is 0 Å². The highest BCUT2D eigenvalue weighted by Gasteiger charge is 2.29. The zero-order valence-electron chi connectivity index (χ0n) is 14.9. The Morgan fingerprint density at radius 3 is 2.52 bits per heavy atom. The first kappa shape index (κ1) is 18.5. The van der Waals surface area contributed by atoms with Gasteiger partial charge in [0.1, 0.15) is 5.60 Å². The lowest BCUT2D eigenvalue weighted by atomic mass is 9.89. The Bertz CT molecular complexity index is 381. The van der Waals surface area contributed by atoms with Gasteiger partial charge in [0.25, 0.3) is 0 Å². The average molecular weight is 327 g/mol. The Hall–Kier alpha value is -0.850. The molecule has 6 nitrogen and oxygen atoms in total. The van der Waals surface area contributed by atoms with Crippen molar-refractivity contribution in [2.24, 2.45) is 0 Å². The Balaban J connectivity index is 1.64. The maximum absolute atomic E-state index is 12.0. The van der Waals surface area contributed by atoms with Gasteiger partial charge in [0.2, 0.25) is 0 Å². The fraction of sp³-hybridized carbons (Fsp3) is 0.941. The van der Waals surface area contributed by atoms with E-state index in [-0.39, 0.29) is 6.09 Å². The molecular formula is C17H33N3O3. The van der Waals surface area contributed by atoms with Crippen molar-refractivity contribution >= 4 is 6.09 Å². The Morgan fingerprint density at radius 1 is 1.26 bits per heavy atom. The van der Waals surface area contributed by atoms with Crippen LogP contribution in [0.5, 0.6) is 0 Å². The van der Waals surface area contributed by atoms with Gasteiger partial charge in [0.05, 0.1) is 5.60 Å². The molecule has 2 saturated heterocycles. The van der Waals surface area contributed by atoms with Crippen molar-refractivity contribution in [1.82, 2.24) is 15.1 Å². The number of amides is 1. The minimum atomic E-state index is -0.517. The molecule has 2 aliphatic rings. The summed E-state index contributed by atoms with van der Waals surface area (Å²) in [5.41, 5.74) is -0.950. The van der Waals surface area contributed by atoms with Gasteiger partial charge < -0.3 is 20.1 Å². The van der Waals surface area contributed by atoms with Gasteiger partial charge in [0.15, 0.2) is 0 Å². The van der Waals surface area contributed by atoms with Crippen molar-refractivity contribution in [2.45, 2.75) is 57.7 Å². The lowest BCUT2D eigenvalue weighted by Gasteiger charge is -2.37. The summed E-state index contributed by atoms with van der Waals surface area (Å²) in [4.78, 5) is 16.2. The number of carbonyl (C=O) groups excluding carboxylic acids is 1. The van der Waals surface area contributed by atoms with Crippen molar-refractivity contribution < 1.29 is 14.6 Å². The average Bonchev–Trinajstić information content (AvgIpc) is 2.47. The molecule has 0 spiro atoms. The molecule has 2 heterocycles. The highest BCUT2D eigenvalue weighted by molar-refractivity contribution is 5.68. The first-order valence-electron chi connectivity index (χ1n) is 8.91. The standard InChI is InChI=1S/C17H33N3O3/c1-16(2,3)23-15(21)20-12-10-19(11-13-20)9-5-7-17(22)6-4-8-18-14-17/h18,22H,4-14H2,1-3H3. The van der Waals surface area contributed by atoms with Crippen molar-refractivity contribution in [3.05, 3.63) is 0 Å². The molecule has 6 heteroatoms. The van der Waals surface area contributed by atoms with Gasteiger partial charge in [-0.1, -0.05) is 0 Å². The number of hydrogen-bond acceptors (Lipinski definition) is 5. The number of ether oxygens (including phenoxy) is 1. The third-order valence-electron chi connectivity index (χ3n) is 4.59. The van der Waals surface area contributed by atoms with Gasteiger partial charge in [-0.05, 0) is 59.5 Å². The largest absolute Gasteiger partial charge is 0.444 e. The number of hydrogen-bond donors (Lipinski definition) is 2. The monoisotopic (exact) mass is 327 g/mol. The SMILES string of the molecule is CC(C)(C)OC(=O)N1CCN(CCCC2(O)CCCNC2)CC1. The number of piperidine rings is 1. The number of nitrogens with zero attached hydrogens (tertiary/aromatic N) is 2. The van der Waals surface area contributed by atoms with Crippen LogP contribution < -0.4 is 5.32 Å². The first-order valence-corrected chi connectivity index (χ1v) is 8.91. The maximum atomic E-state index is 12.0. The summed E-state index contributed by atoms with van der Waals surface area (Å²) in [6.07, 6.45) is 3.62. The molecule has 2 fully saturated rings. The molecule has 134 valence electrons. The van der Waals surface area contributed by atoms with E-state index in [1.807, 2.05) is 20.8 Å². The number of rotatable bonds is 4. The zero-order chi connectivity index (χ0) is 16.9. The highest BCUT2D eigenvalue weighted by atomic mass is 16.6. The minimum Gasteiger partial charge on any atom is -0.444 e. The molecule has 0 radical (unpaired) electrons. The van der Waals surface area contributed by atoms with Crippen LogP contribution in [-0.4, -0.2) is 78.0 Å². The van der Waals surface area contributed by atoms with E-state index in [1.54, 1.807) is 4.90 Å². The predicted octanol–water partition coefficient (Wildman–Crippen LogP) is 1.43. The molecular weight excluding hydrogens is 294 g/mol. The second-order valence-corrected chi connectivity index (χ2v) is 7.92. The fourth-order valence-electron chi connectivity index (χ4n) is 3.28. The van der Waals surface area contributed by atoms with Crippen LogP contribution in [-0.2, 0) is 4.74 Å². The van der Waals surface area contributed by atoms with Crippen molar-refractivity contribution in [3.63, 3.8) is 0 Å². The Kier molecular flexibility index (Phi) is 6.28. The lowest BCUT2D eigenvalue weighted by molar-refractivity contribution is 0.00131. The van der Waals surface area contributed by atoms with Gasteiger partial charge >= 0.3 is 6.09 Å². The van der Waals surface area contributed by atoms with Crippen LogP contribution in [0.1, 0.15) is 46.5 Å². The van der Waals surface area contributed by atoms with E-state index in [4.69, 9.17) is 4.74 Å². The third-order valence-corrected chi connectivity index (χ3v) is 4.59. The molecule has 0 aromatic heterocycles. The number of piperazine rings is 1. The van der Waals surface area contributed by atoms with Gasteiger partial charge in [-0.3, -0.25) is 4.90 Å². The predicted molar refractivity (Wildman–Crippen MR) is 90.5 cm³/mol. The first-order chi connectivity index (χ1) is 10.8. The maximum Gasteiger partial charge on any atom is 0.410 e. The van der Waals surface area contributed by atoms with E-state index >= 15 is 0 Å². The summed E-state index contributed by atoms with van der Waals surface area (Å²) in [5, 5.41) is 13.8. The van der Waals surface area contributed by atoms with Crippen LogP contribution in [0, 0.1) is 0 Å². The number of carbonyl (C=O) groups is 1. The topological polar surface area (TPSA) is 65.0 Å². The molecule has 0 aromatic rings. The Labute approximate surface area is 140 Å². The molecule has 2 rings (SSSR count). The lowest BCUT2D eigenvalue weighted by Crippen LogP contribution is -2.50. The molecule has 23 heavy (non-hydrogen) atoms. The summed E-state index contributed by atoms with van der Waals surface area (Å²) in [6.45, 7) is 11.6. The normalized spacial score (nSPS) is 27.0. The van der Waals surface area contributed by atoms with Gasteiger partial charge in [0, 0.05) is 32.7 Å². The molecule has 0 aromatic carbocycles. The van der Waals surface area contributed by atoms with Crippen molar-refractivity contribution in [3.8, 4) is 0 Å². The summed E-state index contributed by atoms with van der Waals surface area (Å²) < 4.78 is 5.41. The van der Waals surface area contributed by atoms with Gasteiger partial charge in [-0.2, -0.15) is 0 Å². The molecule has 1 amide bonds. The third kappa shape index (κ3) is 6.28. The summed E-state index contributed by atoms with van der Waals surface area (Å²) in [6, 6.07) is 0. The van der Waals surface area contributed by atoms with E-state index in [0.29, 0.717) is 0 Å². The van der Waals surface area contributed by atoms with Crippen LogP contribution in [0.3, 0.4) is 0 Å². The van der Waals surface area contributed by atoms with Crippen LogP contribution in [0.25, 0.3) is 0 Å². The van der Waals surface area contributed by atoms with Crippen LogP contribution in [0.4, 0.5) is 4.79 Å². The zero-order valence-corrected chi connectivity index (χ0v) is 14.9. The summed E-state index contributed by atoms with van der Waals surface area (Å²) >= 11 is 0. The van der Waals surface area contributed by atoms with Crippen LogP contribution >= 0.6 is 0 Å². The molecule has 0 aliphatic carbocycles. The number of aliphatic hydroxyl groups is 1. The summed E-state index contributed by atoms with van der Waals surface area (Å²) in [5.74, 6) is 0. The molecule has 0 saturated carbocycles. The van der Waals surface area contributed by atoms with Gasteiger partial charge in [-0.15, -0.1) is 0 Å². The smallest absolute Gasteiger partial charge is 0.410 e. The van der Waals surface area contributed by atoms with E-state index in [9.17, 15) is 9.90 Å². The second-order valence-electron chi connectivity index (χ2n) is 7.92. The fourth-order valence-corrected chi connectivity index (χ4v) is 3.28. The van der Waals surface area contributed by atoms with E-state index in [1.165, 1.54) is 0 Å². The van der Waals surface area contributed by atoms with Crippen molar-refractivity contribution in [1.29, 1.82) is 0 Å². The quantitative estimate of drug-likeness (QED) is 0.818. The van der Waals surface area contributed by atoms with E-state index < -0.39 is 11.2 Å². The van der Waals surface area contributed by atoms with Gasteiger partial charge in [-0.25, -0.2) is 4.79 Å². The van der Waals surface area contributed by atoms with E-state index in [0.717, 1.165) is 71.5 Å². The molecule has 2 aliphatic heterocycles. The molecule has 2 N–H and O–H groups in total. The number of nitrogens with one attached hydrogen (secondary N) is 1. The van der Waals surface area contributed by atoms with Crippen molar-refractivity contribution in [2.75, 3.05) is 45.8 Å². The number of β-amino-alcohol motifs (C(OH)–C–C–N with tert-alkyl or cyclic N) is 1. The molecule has 1 unspecified atom stereocenters. The minimum absolute atomic E-state index is 0.209.